The van der Waals surface area contributed by atoms with Crippen molar-refractivity contribution in [3.05, 3.63) is 0 Å². The molecule has 0 bridgehead atoms. The molecular weight excluding hydrogens is 323 g/mol. The van der Waals surface area contributed by atoms with Crippen LogP contribution in [0.1, 0.15) is 69.2 Å². The van der Waals surface area contributed by atoms with Crippen LogP contribution in [0.4, 0.5) is 0 Å². The highest BCUT2D eigenvalue weighted by molar-refractivity contribution is 7.50. The van der Waals surface area contributed by atoms with Crippen molar-refractivity contribution in [2.45, 2.75) is 81.4 Å². The van der Waals surface area contributed by atoms with Gasteiger partial charge in [0.2, 0.25) is 0 Å². The fraction of sp³-hybridized carbons (Fsp3) is 1.00. The Morgan fingerprint density at radius 3 is 1.67 bits per heavy atom. The van der Waals surface area contributed by atoms with E-state index in [-0.39, 0.29) is 46.5 Å². The van der Waals surface area contributed by atoms with Gasteiger partial charge in [-0.2, -0.15) is 0 Å². The standard InChI is InChI=1S/C19H39O4P/c1-12(11-24(20,21)22)15-13(17(2,3)4)14(18(5,6)7)16(23-15)19(8,9)10/h12-16H,11H2,1-10H3,(H2,20,21,22)/p-1/t12-,13?,14-,15+,16+/m0/s1. The van der Waals surface area contributed by atoms with Crippen molar-refractivity contribution in [2.24, 2.45) is 34.0 Å². The van der Waals surface area contributed by atoms with Gasteiger partial charge in [0.25, 0.3) is 0 Å². The fourth-order valence-electron chi connectivity index (χ4n) is 4.45. The Morgan fingerprint density at radius 2 is 1.38 bits per heavy atom. The molecule has 0 amide bonds. The highest BCUT2D eigenvalue weighted by Crippen LogP contribution is 2.56. The minimum absolute atomic E-state index is 0.0147. The van der Waals surface area contributed by atoms with Crippen LogP contribution >= 0.6 is 7.60 Å². The van der Waals surface area contributed by atoms with Crippen LogP contribution in [0.5, 0.6) is 0 Å². The summed E-state index contributed by atoms with van der Waals surface area (Å²) in [7, 11) is -4.30. The van der Waals surface area contributed by atoms with Crippen LogP contribution in [-0.4, -0.2) is 23.3 Å². The molecule has 1 rings (SSSR count). The Labute approximate surface area is 148 Å². The third-order valence-electron chi connectivity index (χ3n) is 5.30. The molecule has 4 nitrogen and oxygen atoms in total. The van der Waals surface area contributed by atoms with E-state index in [1.807, 2.05) is 6.92 Å². The van der Waals surface area contributed by atoms with Crippen LogP contribution in [0.25, 0.3) is 0 Å². The quantitative estimate of drug-likeness (QED) is 0.761. The molecule has 1 fully saturated rings. The predicted molar refractivity (Wildman–Crippen MR) is 97.9 cm³/mol. The molecule has 0 spiro atoms. The van der Waals surface area contributed by atoms with E-state index in [4.69, 9.17) is 4.74 Å². The first-order valence-corrected chi connectivity index (χ1v) is 10.8. The molecule has 1 aliphatic heterocycles. The van der Waals surface area contributed by atoms with E-state index in [0.717, 1.165) is 0 Å². The Balaban J connectivity index is 3.36. The second kappa shape index (κ2) is 6.68. The van der Waals surface area contributed by atoms with Gasteiger partial charge < -0.3 is 19.1 Å². The van der Waals surface area contributed by atoms with Gasteiger partial charge in [0.05, 0.1) is 12.2 Å². The zero-order chi connectivity index (χ0) is 19.3. The Kier molecular flexibility index (Phi) is 6.17. The molecule has 5 heteroatoms. The SMILES string of the molecule is C[C@@H](CP(=O)([O-])O)[C@H]1O[C@@H](C(C)(C)C)[C@@H](C(C)(C)C)C1C(C)(C)C. The van der Waals surface area contributed by atoms with Crippen LogP contribution in [-0.2, 0) is 9.30 Å². The molecule has 0 saturated carbocycles. The highest BCUT2D eigenvalue weighted by atomic mass is 31.2. The van der Waals surface area contributed by atoms with E-state index in [1.54, 1.807) is 0 Å². The number of hydrogen-bond donors (Lipinski definition) is 1. The normalized spacial score (nSPS) is 33.3. The average molecular weight is 361 g/mol. The second-order valence-corrected chi connectivity index (χ2v) is 12.6. The third-order valence-corrected chi connectivity index (χ3v) is 6.34. The van der Waals surface area contributed by atoms with Crippen molar-refractivity contribution in [3.63, 3.8) is 0 Å². The van der Waals surface area contributed by atoms with Crippen LogP contribution in [0, 0.1) is 34.0 Å². The first kappa shape index (κ1) is 22.2. The maximum absolute atomic E-state index is 11.4. The summed E-state index contributed by atoms with van der Waals surface area (Å²) < 4.78 is 18.0. The van der Waals surface area contributed by atoms with Gasteiger partial charge in [-0.25, -0.2) is 0 Å². The molecule has 0 aromatic carbocycles. The average Bonchev–Trinajstić information content (AvgIpc) is 2.64. The van der Waals surface area contributed by atoms with Crippen molar-refractivity contribution in [2.75, 3.05) is 6.16 Å². The van der Waals surface area contributed by atoms with Crippen LogP contribution in [0.15, 0.2) is 0 Å². The zero-order valence-corrected chi connectivity index (χ0v) is 18.1. The molecule has 1 aliphatic rings. The van der Waals surface area contributed by atoms with Crippen LogP contribution in [0.3, 0.4) is 0 Å². The van der Waals surface area contributed by atoms with Crippen molar-refractivity contribution in [1.29, 1.82) is 0 Å². The van der Waals surface area contributed by atoms with E-state index in [9.17, 15) is 14.4 Å². The summed E-state index contributed by atoms with van der Waals surface area (Å²) in [6.07, 6.45) is -0.343. The number of hydrogen-bond acceptors (Lipinski definition) is 3. The van der Waals surface area contributed by atoms with Gasteiger partial charge in [0.15, 0.2) is 0 Å². The number of rotatable bonds is 3. The summed E-state index contributed by atoms with van der Waals surface area (Å²) in [5.41, 5.74) is 0.000231. The summed E-state index contributed by atoms with van der Waals surface area (Å²) in [5.74, 6) is 0.303. The molecule has 1 saturated heterocycles. The van der Waals surface area contributed by atoms with E-state index in [2.05, 4.69) is 62.3 Å². The lowest BCUT2D eigenvalue weighted by Gasteiger charge is -2.45. The molecular formula is C19H38O4P-. The maximum Gasteiger partial charge on any atom is 0.132 e. The minimum atomic E-state index is -4.30. The van der Waals surface area contributed by atoms with E-state index >= 15 is 0 Å². The molecule has 144 valence electrons. The lowest BCUT2D eigenvalue weighted by atomic mass is 9.58. The van der Waals surface area contributed by atoms with Gasteiger partial charge in [-0.1, -0.05) is 69.2 Å². The Hall–Kier alpha value is 0.110. The second-order valence-electron chi connectivity index (χ2n) is 11.0. The lowest BCUT2D eigenvalue weighted by molar-refractivity contribution is -0.194. The van der Waals surface area contributed by atoms with Crippen molar-refractivity contribution in [3.8, 4) is 0 Å². The van der Waals surface area contributed by atoms with Crippen molar-refractivity contribution >= 4 is 7.60 Å². The minimum Gasteiger partial charge on any atom is -0.779 e. The summed E-state index contributed by atoms with van der Waals surface area (Å²) in [6, 6.07) is 0. The van der Waals surface area contributed by atoms with Gasteiger partial charge >= 0.3 is 0 Å². The van der Waals surface area contributed by atoms with Crippen molar-refractivity contribution in [1.82, 2.24) is 0 Å². The predicted octanol–water partition coefficient (Wildman–Crippen LogP) is 4.31. The molecule has 0 aromatic rings. The molecule has 1 heterocycles. The highest BCUT2D eigenvalue weighted by Gasteiger charge is 2.57. The maximum atomic E-state index is 11.4. The van der Waals surface area contributed by atoms with Crippen molar-refractivity contribution < 1.29 is 19.1 Å². The summed E-state index contributed by atoms with van der Waals surface area (Å²) in [6.45, 7) is 21.8. The summed E-state index contributed by atoms with van der Waals surface area (Å²) in [4.78, 5) is 20.8. The first-order chi connectivity index (χ1) is 10.4. The summed E-state index contributed by atoms with van der Waals surface area (Å²) >= 11 is 0. The molecule has 2 unspecified atom stereocenters. The first-order valence-electron chi connectivity index (χ1n) is 9.04. The van der Waals surface area contributed by atoms with Crippen LogP contribution in [0.2, 0.25) is 0 Å². The van der Waals surface area contributed by atoms with E-state index in [0.29, 0.717) is 5.92 Å². The Bertz CT molecular complexity index is 475. The lowest BCUT2D eigenvalue weighted by Crippen LogP contribution is -2.44. The monoisotopic (exact) mass is 361 g/mol. The van der Waals surface area contributed by atoms with Gasteiger partial charge in [0.1, 0.15) is 7.60 Å². The fourth-order valence-corrected chi connectivity index (χ4v) is 5.39. The molecule has 0 aliphatic carbocycles. The van der Waals surface area contributed by atoms with Gasteiger partial charge in [0, 0.05) is 6.16 Å². The molecule has 6 atom stereocenters. The molecule has 24 heavy (non-hydrogen) atoms. The molecule has 1 N–H and O–H groups in total. The summed E-state index contributed by atoms with van der Waals surface area (Å²) in [5, 5.41) is 0. The van der Waals surface area contributed by atoms with Gasteiger partial charge in [-0.05, 0) is 34.0 Å². The zero-order valence-electron chi connectivity index (χ0n) is 17.2. The largest absolute Gasteiger partial charge is 0.779 e. The van der Waals surface area contributed by atoms with E-state index < -0.39 is 7.60 Å². The topological polar surface area (TPSA) is 69.6 Å². The molecule has 0 aromatic heterocycles. The van der Waals surface area contributed by atoms with Gasteiger partial charge in [-0.3, -0.25) is 0 Å². The smallest absolute Gasteiger partial charge is 0.132 e. The van der Waals surface area contributed by atoms with E-state index in [1.165, 1.54) is 0 Å². The molecule has 0 radical (unpaired) electrons. The number of ether oxygens (including phenoxy) is 1. The van der Waals surface area contributed by atoms with Crippen LogP contribution < -0.4 is 4.89 Å². The Morgan fingerprint density at radius 1 is 0.958 bits per heavy atom. The third kappa shape index (κ3) is 5.30. The van der Waals surface area contributed by atoms with Gasteiger partial charge in [-0.15, -0.1) is 0 Å².